The fraction of sp³-hybridized carbons (Fsp3) is 0.208. The van der Waals surface area contributed by atoms with Crippen LogP contribution in [0.15, 0.2) is 65.6 Å². The van der Waals surface area contributed by atoms with Gasteiger partial charge < -0.3 is 10.4 Å². The topological polar surface area (TPSA) is 86.7 Å². The molecule has 0 saturated carbocycles. The number of hydrogen-bond donors (Lipinski definition) is 2. The van der Waals surface area contributed by atoms with Crippen molar-refractivity contribution in [2.24, 2.45) is 0 Å². The van der Waals surface area contributed by atoms with E-state index in [-0.39, 0.29) is 42.1 Å². The monoisotopic (exact) mass is 508 g/mol. The van der Waals surface area contributed by atoms with Crippen molar-refractivity contribution in [1.82, 2.24) is 4.31 Å². The Bertz CT molecular complexity index is 1370. The van der Waals surface area contributed by atoms with E-state index in [4.69, 9.17) is 0 Å². The van der Waals surface area contributed by atoms with Crippen molar-refractivity contribution in [3.63, 3.8) is 0 Å². The average molecular weight is 508 g/mol. The zero-order chi connectivity index (χ0) is 25.4. The molecule has 2 N–H and O–H groups in total. The van der Waals surface area contributed by atoms with Crippen molar-refractivity contribution in [3.8, 4) is 0 Å². The Morgan fingerprint density at radius 3 is 2.17 bits per heavy atom. The number of aliphatic hydroxyl groups is 1. The summed E-state index contributed by atoms with van der Waals surface area (Å²) in [4.78, 5) is 12.3. The van der Waals surface area contributed by atoms with Gasteiger partial charge in [-0.05, 0) is 48.7 Å². The van der Waals surface area contributed by atoms with Crippen LogP contribution in [0.4, 0.5) is 23.2 Å². The maximum atomic E-state index is 13.6. The van der Waals surface area contributed by atoms with Crippen LogP contribution in [0.3, 0.4) is 0 Å². The number of nitrogens with zero attached hydrogens (tertiary/aromatic N) is 1. The molecule has 0 aromatic heterocycles. The molecule has 0 aliphatic carbocycles. The van der Waals surface area contributed by atoms with Gasteiger partial charge in [-0.3, -0.25) is 4.79 Å². The maximum Gasteiger partial charge on any atom is 0.255 e. The Kier molecular flexibility index (Phi) is 6.67. The van der Waals surface area contributed by atoms with Crippen molar-refractivity contribution < 1.29 is 35.9 Å². The fourth-order valence-corrected chi connectivity index (χ4v) is 5.43. The highest BCUT2D eigenvalue weighted by Gasteiger charge is 2.38. The maximum absolute atomic E-state index is 13.6. The van der Waals surface area contributed by atoms with Crippen LogP contribution in [0.1, 0.15) is 28.8 Å². The number of rotatable bonds is 5. The first-order valence-corrected chi connectivity index (χ1v) is 12.0. The zero-order valence-corrected chi connectivity index (χ0v) is 19.0. The number of nitrogens with one attached hydrogen (secondary N) is 1. The molecule has 1 aliphatic rings. The Morgan fingerprint density at radius 2 is 1.54 bits per heavy atom. The zero-order valence-electron chi connectivity index (χ0n) is 18.1. The molecule has 184 valence electrons. The molecule has 3 aromatic carbocycles. The molecular weight excluding hydrogens is 488 g/mol. The van der Waals surface area contributed by atoms with E-state index in [1.54, 1.807) is 6.07 Å². The van der Waals surface area contributed by atoms with Crippen LogP contribution in [-0.2, 0) is 15.6 Å². The van der Waals surface area contributed by atoms with E-state index in [0.717, 1.165) is 10.4 Å². The SMILES string of the molecule is O=C(Nc1cc(F)c(F)c(F)c1)c1cccc(S(=O)(=O)N2CCC(O)(c3cccc(F)c3)CC2)c1. The predicted molar refractivity (Wildman–Crippen MR) is 119 cm³/mol. The molecule has 1 aliphatic heterocycles. The Labute approximate surface area is 198 Å². The minimum atomic E-state index is -4.05. The lowest BCUT2D eigenvalue weighted by Gasteiger charge is -2.37. The first-order valence-electron chi connectivity index (χ1n) is 10.5. The lowest BCUT2D eigenvalue weighted by atomic mass is 9.85. The first-order chi connectivity index (χ1) is 16.5. The second-order valence-electron chi connectivity index (χ2n) is 8.18. The van der Waals surface area contributed by atoms with Crippen molar-refractivity contribution in [3.05, 3.63) is 95.1 Å². The molecule has 1 fully saturated rings. The third-order valence-corrected chi connectivity index (χ3v) is 7.78. The minimum absolute atomic E-state index is 0.0392. The number of amides is 1. The summed E-state index contributed by atoms with van der Waals surface area (Å²) in [5.74, 6) is -6.01. The van der Waals surface area contributed by atoms with Gasteiger partial charge in [0.1, 0.15) is 5.82 Å². The molecule has 1 heterocycles. The number of benzene rings is 3. The number of halogens is 4. The lowest BCUT2D eigenvalue weighted by Crippen LogP contribution is -2.45. The minimum Gasteiger partial charge on any atom is -0.385 e. The first kappa shape index (κ1) is 24.8. The number of piperidine rings is 1. The third-order valence-electron chi connectivity index (χ3n) is 5.89. The number of carbonyl (C=O) groups is 1. The molecule has 0 bridgehead atoms. The molecule has 4 rings (SSSR count). The van der Waals surface area contributed by atoms with E-state index in [9.17, 15) is 35.9 Å². The van der Waals surface area contributed by atoms with Gasteiger partial charge in [0, 0.05) is 36.5 Å². The molecule has 1 amide bonds. The van der Waals surface area contributed by atoms with E-state index in [1.807, 2.05) is 0 Å². The molecule has 0 spiro atoms. The lowest BCUT2D eigenvalue weighted by molar-refractivity contribution is -0.00985. The molecule has 0 radical (unpaired) electrons. The quantitative estimate of drug-likeness (QED) is 0.400. The molecule has 35 heavy (non-hydrogen) atoms. The van der Waals surface area contributed by atoms with Crippen LogP contribution in [0.5, 0.6) is 0 Å². The molecule has 0 unspecified atom stereocenters. The van der Waals surface area contributed by atoms with E-state index in [2.05, 4.69) is 5.32 Å². The van der Waals surface area contributed by atoms with Gasteiger partial charge in [0.2, 0.25) is 10.0 Å². The summed E-state index contributed by atoms with van der Waals surface area (Å²) in [6.45, 7) is -0.0835. The molecule has 3 aromatic rings. The van der Waals surface area contributed by atoms with Crippen molar-refractivity contribution in [2.75, 3.05) is 18.4 Å². The smallest absolute Gasteiger partial charge is 0.255 e. The molecular formula is C24H20F4N2O4S. The summed E-state index contributed by atoms with van der Waals surface area (Å²) in [5, 5.41) is 13.1. The number of anilines is 1. The number of sulfonamides is 1. The highest BCUT2D eigenvalue weighted by molar-refractivity contribution is 7.89. The number of hydrogen-bond acceptors (Lipinski definition) is 4. The van der Waals surface area contributed by atoms with E-state index in [0.29, 0.717) is 17.7 Å². The van der Waals surface area contributed by atoms with Crippen LogP contribution in [0, 0.1) is 23.3 Å². The Hall–Kier alpha value is -3.28. The summed E-state index contributed by atoms with van der Waals surface area (Å²) < 4.78 is 81.0. The highest BCUT2D eigenvalue weighted by atomic mass is 32.2. The summed E-state index contributed by atoms with van der Waals surface area (Å²) in [5.41, 5.74) is -1.46. The van der Waals surface area contributed by atoms with E-state index < -0.39 is 44.8 Å². The summed E-state index contributed by atoms with van der Waals surface area (Å²) in [6.07, 6.45) is 0.0785. The van der Waals surface area contributed by atoms with E-state index >= 15 is 0 Å². The largest absolute Gasteiger partial charge is 0.385 e. The second kappa shape index (κ2) is 9.40. The molecule has 1 saturated heterocycles. The fourth-order valence-electron chi connectivity index (χ4n) is 3.94. The number of carbonyl (C=O) groups excluding carboxylic acids is 1. The van der Waals surface area contributed by atoms with Gasteiger partial charge >= 0.3 is 0 Å². The van der Waals surface area contributed by atoms with Crippen LogP contribution in [0.2, 0.25) is 0 Å². The second-order valence-corrected chi connectivity index (χ2v) is 10.1. The van der Waals surface area contributed by atoms with Crippen molar-refractivity contribution in [2.45, 2.75) is 23.3 Å². The van der Waals surface area contributed by atoms with Gasteiger partial charge in [-0.25, -0.2) is 26.0 Å². The highest BCUT2D eigenvalue weighted by Crippen LogP contribution is 2.35. The summed E-state index contributed by atoms with van der Waals surface area (Å²) in [7, 11) is -4.05. The van der Waals surface area contributed by atoms with Crippen LogP contribution in [0.25, 0.3) is 0 Å². The van der Waals surface area contributed by atoms with Crippen molar-refractivity contribution >= 4 is 21.6 Å². The van der Waals surface area contributed by atoms with Gasteiger partial charge in [-0.15, -0.1) is 0 Å². The third kappa shape index (κ3) is 5.07. The predicted octanol–water partition coefficient (Wildman–Crippen LogP) is 4.17. The summed E-state index contributed by atoms with van der Waals surface area (Å²) in [6, 6.07) is 11.7. The average Bonchev–Trinajstić information content (AvgIpc) is 2.83. The Balaban J connectivity index is 1.50. The van der Waals surface area contributed by atoms with Crippen LogP contribution < -0.4 is 5.32 Å². The van der Waals surface area contributed by atoms with Gasteiger partial charge in [0.25, 0.3) is 5.91 Å². The molecule has 11 heteroatoms. The van der Waals surface area contributed by atoms with E-state index in [1.165, 1.54) is 36.4 Å². The van der Waals surface area contributed by atoms with Crippen LogP contribution >= 0.6 is 0 Å². The van der Waals surface area contributed by atoms with Gasteiger partial charge in [0.15, 0.2) is 17.5 Å². The Morgan fingerprint density at radius 1 is 0.914 bits per heavy atom. The molecule has 0 atom stereocenters. The van der Waals surface area contributed by atoms with Crippen LogP contribution in [-0.4, -0.2) is 36.8 Å². The standard InChI is InChI=1S/C24H20F4N2O4S/c25-17-5-2-4-16(12-17)24(32)7-9-30(10-8-24)35(33,34)19-6-1-3-15(11-19)23(31)29-18-13-20(26)22(28)21(27)14-18/h1-6,11-14,32H,7-10H2,(H,29,31). The van der Waals surface area contributed by atoms with Crippen molar-refractivity contribution in [1.29, 1.82) is 0 Å². The van der Waals surface area contributed by atoms with Gasteiger partial charge in [-0.2, -0.15) is 4.31 Å². The summed E-state index contributed by atoms with van der Waals surface area (Å²) >= 11 is 0. The van der Waals surface area contributed by atoms with Gasteiger partial charge in [0.05, 0.1) is 10.5 Å². The normalized spacial score (nSPS) is 16.1. The molecule has 6 nitrogen and oxygen atoms in total. The van der Waals surface area contributed by atoms with Gasteiger partial charge in [-0.1, -0.05) is 18.2 Å².